The Morgan fingerprint density at radius 3 is 1.07 bits per heavy atom. The summed E-state index contributed by atoms with van der Waals surface area (Å²) < 4.78 is 0. The first-order chi connectivity index (χ1) is 22.0. The maximum Gasteiger partial charge on any atom is 0.0435 e. The molecule has 252 valence electrons. The third-order valence-corrected chi connectivity index (χ3v) is 8.78. The fourth-order valence-electron chi connectivity index (χ4n) is 4.24. The average Bonchev–Trinajstić information content (AvgIpc) is 3.66. The zero-order valence-electron chi connectivity index (χ0n) is 30.2. The van der Waals surface area contributed by atoms with Gasteiger partial charge in [0.25, 0.3) is 0 Å². The second-order valence-corrected chi connectivity index (χ2v) is 14.3. The van der Waals surface area contributed by atoms with Gasteiger partial charge in [0.15, 0.2) is 0 Å². The van der Waals surface area contributed by atoms with Gasteiger partial charge >= 0.3 is 0 Å². The molecular weight excluding hydrogens is 599 g/mol. The number of halogens is 2. The summed E-state index contributed by atoms with van der Waals surface area (Å²) in [5, 5.41) is 1.65. The Labute approximate surface area is 294 Å². The predicted molar refractivity (Wildman–Crippen MR) is 209 cm³/mol. The van der Waals surface area contributed by atoms with Crippen molar-refractivity contribution < 1.29 is 0 Å². The van der Waals surface area contributed by atoms with Crippen LogP contribution in [0.15, 0.2) is 103 Å². The van der Waals surface area contributed by atoms with E-state index < -0.39 is 0 Å². The monoisotopic (exact) mass is 660 g/mol. The molecule has 3 aliphatic carbocycles. The van der Waals surface area contributed by atoms with E-state index in [1.165, 1.54) is 80.0 Å². The van der Waals surface area contributed by atoms with Crippen molar-refractivity contribution in [2.24, 2.45) is 17.8 Å². The molecule has 46 heavy (non-hydrogen) atoms. The Bertz CT molecular complexity index is 1210. The first-order valence-corrected chi connectivity index (χ1v) is 18.2. The first-order valence-electron chi connectivity index (χ1n) is 17.4. The van der Waals surface area contributed by atoms with Crippen molar-refractivity contribution in [3.05, 3.63) is 141 Å². The van der Waals surface area contributed by atoms with Crippen LogP contribution in [0.4, 0.5) is 0 Å². The first kappa shape index (κ1) is 41.5. The van der Waals surface area contributed by atoms with Crippen molar-refractivity contribution >= 4 is 23.2 Å². The predicted octanol–water partition coefficient (Wildman–Crippen LogP) is 15.0. The Balaban J connectivity index is 0.000000271. The standard InChI is InChI=1S/C8H10.2C7H7Cl.C7H8.C6H12.C5H10.C4H8/c1-7-3-5-8(2)6-4-7;1-6-3-2-4-7(8)5-6;1-6-4-2-3-5-7(6)8;1-7-5-3-2-4-6-7;1-6-4-2-3-5-6;1-5-3-2-4-5;1-4-2-3-4/h3-6H,1-2H3;2*2-5H,1H3;2-6H,1H3;6H,2-5H2,1H3;5H,2-4H2,1H3;4H,2-3H2,1H3. The summed E-state index contributed by atoms with van der Waals surface area (Å²) in [5.41, 5.74) is 6.32. The summed E-state index contributed by atoms with van der Waals surface area (Å²) >= 11 is 11.4. The van der Waals surface area contributed by atoms with Gasteiger partial charge in [-0.1, -0.05) is 203 Å². The third kappa shape index (κ3) is 24.7. The van der Waals surface area contributed by atoms with E-state index in [1.54, 1.807) is 0 Å². The molecule has 0 radical (unpaired) electrons. The van der Waals surface area contributed by atoms with E-state index in [-0.39, 0.29) is 0 Å². The van der Waals surface area contributed by atoms with Gasteiger partial charge in [0.05, 0.1) is 0 Å². The smallest absolute Gasteiger partial charge is 0.0435 e. The van der Waals surface area contributed by atoms with Crippen LogP contribution in [0.3, 0.4) is 0 Å². The van der Waals surface area contributed by atoms with Crippen LogP contribution < -0.4 is 0 Å². The topological polar surface area (TPSA) is 0 Å². The highest BCUT2D eigenvalue weighted by atomic mass is 35.5. The lowest BCUT2D eigenvalue weighted by molar-refractivity contribution is 0.346. The zero-order valence-corrected chi connectivity index (χ0v) is 31.7. The summed E-state index contributed by atoms with van der Waals surface area (Å²) in [6.07, 6.45) is 13.4. The Kier molecular flexibility index (Phi) is 23.0. The lowest BCUT2D eigenvalue weighted by atomic mass is 9.88. The minimum Gasteiger partial charge on any atom is -0.0843 e. The second kappa shape index (κ2) is 25.5. The molecule has 4 aromatic rings. The Morgan fingerprint density at radius 1 is 0.413 bits per heavy atom. The molecule has 3 aliphatic rings. The van der Waals surface area contributed by atoms with E-state index in [0.29, 0.717) is 0 Å². The van der Waals surface area contributed by atoms with Crippen LogP contribution >= 0.6 is 23.2 Å². The third-order valence-electron chi connectivity index (χ3n) is 8.12. The maximum atomic E-state index is 5.71. The largest absolute Gasteiger partial charge is 0.0843 e. The quantitative estimate of drug-likeness (QED) is 0.176. The van der Waals surface area contributed by atoms with E-state index in [1.807, 2.05) is 80.6 Å². The molecule has 0 unspecified atom stereocenters. The average molecular weight is 662 g/mol. The number of benzene rings is 4. The zero-order chi connectivity index (χ0) is 34.2. The Hall–Kier alpha value is -2.54. The fraction of sp³-hybridized carbons (Fsp3) is 0.455. The summed E-state index contributed by atoms with van der Waals surface area (Å²) in [6.45, 7) is 17.2. The van der Waals surface area contributed by atoms with E-state index in [9.17, 15) is 0 Å². The van der Waals surface area contributed by atoms with Crippen molar-refractivity contribution in [3.63, 3.8) is 0 Å². The van der Waals surface area contributed by atoms with Crippen LogP contribution in [0.2, 0.25) is 10.0 Å². The molecule has 0 aromatic heterocycles. The van der Waals surface area contributed by atoms with Gasteiger partial charge in [-0.3, -0.25) is 0 Å². The molecule has 0 N–H and O–H groups in total. The van der Waals surface area contributed by atoms with E-state index in [4.69, 9.17) is 23.2 Å². The summed E-state index contributed by atoms with van der Waals surface area (Å²) in [7, 11) is 0. The molecule has 0 saturated heterocycles. The van der Waals surface area contributed by atoms with Crippen molar-refractivity contribution in [3.8, 4) is 0 Å². The van der Waals surface area contributed by atoms with Gasteiger partial charge < -0.3 is 0 Å². The number of rotatable bonds is 0. The van der Waals surface area contributed by atoms with Gasteiger partial charge in [-0.25, -0.2) is 0 Å². The maximum absolute atomic E-state index is 5.71. The molecule has 3 saturated carbocycles. The minimum atomic E-state index is 0.810. The number of aryl methyl sites for hydroxylation is 5. The molecule has 2 heteroatoms. The molecule has 4 aromatic carbocycles. The normalized spacial score (nSPS) is 14.6. The molecule has 0 atom stereocenters. The second-order valence-electron chi connectivity index (χ2n) is 13.5. The molecule has 0 heterocycles. The summed E-state index contributed by atoms with van der Waals surface area (Å²) in [5.74, 6) is 3.19. The van der Waals surface area contributed by atoms with Crippen LogP contribution in [-0.4, -0.2) is 0 Å². The van der Waals surface area contributed by atoms with Gasteiger partial charge in [-0.2, -0.15) is 0 Å². The molecular formula is C44H62Cl2. The summed E-state index contributed by atoms with van der Waals surface area (Å²) in [4.78, 5) is 0. The van der Waals surface area contributed by atoms with E-state index in [0.717, 1.165) is 33.4 Å². The SMILES string of the molecule is CC1CC1.CC1CCC1.CC1CCCC1.Cc1ccc(C)cc1.Cc1cccc(Cl)c1.Cc1ccccc1.Cc1ccccc1Cl. The lowest BCUT2D eigenvalue weighted by Crippen LogP contribution is -2.04. The van der Waals surface area contributed by atoms with Crippen LogP contribution in [-0.2, 0) is 0 Å². The van der Waals surface area contributed by atoms with Gasteiger partial charge in [0.1, 0.15) is 0 Å². The highest BCUT2D eigenvalue weighted by Gasteiger charge is 2.12. The van der Waals surface area contributed by atoms with Gasteiger partial charge in [-0.15, -0.1) is 0 Å². The minimum absolute atomic E-state index is 0.810. The van der Waals surface area contributed by atoms with Crippen molar-refractivity contribution in [1.82, 2.24) is 0 Å². The summed E-state index contributed by atoms with van der Waals surface area (Å²) in [6, 6.07) is 34.3. The number of hydrogen-bond donors (Lipinski definition) is 0. The van der Waals surface area contributed by atoms with Crippen LogP contribution in [0.25, 0.3) is 0 Å². The lowest BCUT2D eigenvalue weighted by Gasteiger charge is -2.18. The van der Waals surface area contributed by atoms with Crippen LogP contribution in [0, 0.1) is 52.4 Å². The van der Waals surface area contributed by atoms with Gasteiger partial charge in [0, 0.05) is 10.0 Å². The Morgan fingerprint density at radius 2 is 0.826 bits per heavy atom. The molecule has 3 fully saturated rings. The van der Waals surface area contributed by atoms with E-state index >= 15 is 0 Å². The molecule has 0 spiro atoms. The number of hydrogen-bond acceptors (Lipinski definition) is 0. The van der Waals surface area contributed by atoms with Crippen LogP contribution in [0.5, 0.6) is 0 Å². The van der Waals surface area contributed by atoms with E-state index in [2.05, 4.69) is 77.9 Å². The van der Waals surface area contributed by atoms with Gasteiger partial charge in [0.2, 0.25) is 0 Å². The molecule has 0 nitrogen and oxygen atoms in total. The van der Waals surface area contributed by atoms with Crippen molar-refractivity contribution in [2.45, 2.75) is 113 Å². The van der Waals surface area contributed by atoms with Crippen molar-refractivity contribution in [1.29, 1.82) is 0 Å². The molecule has 7 rings (SSSR count). The van der Waals surface area contributed by atoms with Crippen LogP contribution in [0.1, 0.15) is 106 Å². The molecule has 0 aliphatic heterocycles. The molecule has 0 amide bonds. The van der Waals surface area contributed by atoms with Gasteiger partial charge in [-0.05, 0) is 81.7 Å². The molecule has 0 bridgehead atoms. The van der Waals surface area contributed by atoms with Crippen molar-refractivity contribution in [2.75, 3.05) is 0 Å². The fourth-order valence-corrected chi connectivity index (χ4v) is 4.62. The highest BCUT2D eigenvalue weighted by Crippen LogP contribution is 2.26. The highest BCUT2D eigenvalue weighted by molar-refractivity contribution is 6.31.